The first kappa shape index (κ1) is 22.7. The Labute approximate surface area is 187 Å². The van der Waals surface area contributed by atoms with Crippen molar-refractivity contribution in [3.8, 4) is 5.75 Å². The number of aryl methyl sites for hydroxylation is 1. The van der Waals surface area contributed by atoms with Crippen molar-refractivity contribution in [2.24, 2.45) is 0 Å². The van der Waals surface area contributed by atoms with Crippen LogP contribution in [0.2, 0.25) is 5.02 Å². The SMILES string of the molecule is Cc1ccc(S(=O)(=O)Nc2ccc(Cl)c(C(=O)Nc3cccc(OC(C)C)c3)c2)cc1. The maximum absolute atomic E-state index is 12.8. The van der Waals surface area contributed by atoms with Crippen LogP contribution in [-0.4, -0.2) is 20.4 Å². The zero-order valence-electron chi connectivity index (χ0n) is 17.3. The summed E-state index contributed by atoms with van der Waals surface area (Å²) in [4.78, 5) is 12.9. The summed E-state index contributed by atoms with van der Waals surface area (Å²) in [5.41, 5.74) is 1.85. The van der Waals surface area contributed by atoms with E-state index in [2.05, 4.69) is 10.0 Å². The van der Waals surface area contributed by atoms with Gasteiger partial charge in [0.05, 0.1) is 21.6 Å². The van der Waals surface area contributed by atoms with Gasteiger partial charge in [0.1, 0.15) is 5.75 Å². The first-order valence-corrected chi connectivity index (χ1v) is 11.5. The third-order valence-corrected chi connectivity index (χ3v) is 5.98. The summed E-state index contributed by atoms with van der Waals surface area (Å²) in [6.07, 6.45) is -0.00127. The Hall–Kier alpha value is -3.03. The van der Waals surface area contributed by atoms with Gasteiger partial charge in [0, 0.05) is 17.4 Å². The van der Waals surface area contributed by atoms with E-state index in [0.717, 1.165) is 5.56 Å². The van der Waals surface area contributed by atoms with Crippen LogP contribution in [0.5, 0.6) is 5.75 Å². The second kappa shape index (κ2) is 9.41. The first-order chi connectivity index (χ1) is 14.6. The van der Waals surface area contributed by atoms with Crippen LogP contribution in [0.3, 0.4) is 0 Å². The average Bonchev–Trinajstić information content (AvgIpc) is 2.69. The number of carbonyl (C=O) groups excluding carboxylic acids is 1. The molecule has 0 bridgehead atoms. The van der Waals surface area contributed by atoms with E-state index < -0.39 is 15.9 Å². The lowest BCUT2D eigenvalue weighted by Crippen LogP contribution is -2.16. The summed E-state index contributed by atoms with van der Waals surface area (Å²) in [5, 5.41) is 2.96. The molecule has 0 radical (unpaired) electrons. The first-order valence-electron chi connectivity index (χ1n) is 9.61. The maximum atomic E-state index is 12.8. The Bertz CT molecular complexity index is 1190. The van der Waals surface area contributed by atoms with Gasteiger partial charge >= 0.3 is 0 Å². The van der Waals surface area contributed by atoms with Crippen molar-refractivity contribution >= 4 is 38.9 Å². The fourth-order valence-electron chi connectivity index (χ4n) is 2.81. The van der Waals surface area contributed by atoms with Crippen molar-refractivity contribution in [2.75, 3.05) is 10.0 Å². The fraction of sp³-hybridized carbons (Fsp3) is 0.174. The number of halogens is 1. The minimum atomic E-state index is -3.80. The Balaban J connectivity index is 1.80. The molecule has 0 aliphatic carbocycles. The van der Waals surface area contributed by atoms with Crippen LogP contribution >= 0.6 is 11.6 Å². The van der Waals surface area contributed by atoms with Crippen LogP contribution in [0, 0.1) is 6.92 Å². The third-order valence-electron chi connectivity index (χ3n) is 4.26. The highest BCUT2D eigenvalue weighted by Gasteiger charge is 2.17. The second-order valence-electron chi connectivity index (χ2n) is 7.26. The van der Waals surface area contributed by atoms with E-state index in [1.54, 1.807) is 36.4 Å². The second-order valence-corrected chi connectivity index (χ2v) is 9.35. The summed E-state index contributed by atoms with van der Waals surface area (Å²) < 4.78 is 33.4. The van der Waals surface area contributed by atoms with Crippen LogP contribution in [0.25, 0.3) is 0 Å². The normalized spacial score (nSPS) is 11.3. The molecule has 0 fully saturated rings. The molecule has 8 heteroatoms. The maximum Gasteiger partial charge on any atom is 0.261 e. The quantitative estimate of drug-likeness (QED) is 0.490. The zero-order chi connectivity index (χ0) is 22.6. The van der Waals surface area contributed by atoms with Crippen molar-refractivity contribution in [3.05, 3.63) is 82.9 Å². The lowest BCUT2D eigenvalue weighted by atomic mass is 10.2. The van der Waals surface area contributed by atoms with Gasteiger partial charge in [0.15, 0.2) is 0 Å². The summed E-state index contributed by atoms with van der Waals surface area (Å²) in [5.74, 6) is 0.154. The van der Waals surface area contributed by atoms with E-state index in [9.17, 15) is 13.2 Å². The predicted octanol–water partition coefficient (Wildman–Crippen LogP) is 5.49. The molecule has 0 aliphatic rings. The molecule has 3 aromatic rings. The van der Waals surface area contributed by atoms with E-state index in [-0.39, 0.29) is 27.3 Å². The van der Waals surface area contributed by atoms with Crippen molar-refractivity contribution in [2.45, 2.75) is 31.8 Å². The van der Waals surface area contributed by atoms with E-state index in [1.165, 1.54) is 30.3 Å². The molecule has 2 N–H and O–H groups in total. The summed E-state index contributed by atoms with van der Waals surface area (Å²) in [6, 6.07) is 17.8. The van der Waals surface area contributed by atoms with Gasteiger partial charge in [0.25, 0.3) is 15.9 Å². The molecule has 0 saturated heterocycles. The van der Waals surface area contributed by atoms with Gasteiger partial charge in [-0.3, -0.25) is 9.52 Å². The van der Waals surface area contributed by atoms with E-state index >= 15 is 0 Å². The van der Waals surface area contributed by atoms with Gasteiger partial charge in [-0.05, 0) is 63.2 Å². The van der Waals surface area contributed by atoms with Gasteiger partial charge < -0.3 is 10.1 Å². The van der Waals surface area contributed by atoms with Crippen LogP contribution in [0.15, 0.2) is 71.6 Å². The highest BCUT2D eigenvalue weighted by atomic mass is 35.5. The number of anilines is 2. The largest absolute Gasteiger partial charge is 0.491 e. The molecule has 6 nitrogen and oxygen atoms in total. The monoisotopic (exact) mass is 458 g/mol. The lowest BCUT2D eigenvalue weighted by Gasteiger charge is -2.13. The van der Waals surface area contributed by atoms with E-state index in [1.807, 2.05) is 20.8 Å². The molecule has 162 valence electrons. The van der Waals surface area contributed by atoms with Crippen molar-refractivity contribution in [1.29, 1.82) is 0 Å². The molecular formula is C23H23ClN2O4S. The Morgan fingerprint density at radius 2 is 1.68 bits per heavy atom. The number of hydrogen-bond acceptors (Lipinski definition) is 4. The average molecular weight is 459 g/mol. The minimum absolute atomic E-state index is 0.00127. The number of sulfonamides is 1. The van der Waals surface area contributed by atoms with Gasteiger partial charge in [0.2, 0.25) is 0 Å². The smallest absolute Gasteiger partial charge is 0.261 e. The van der Waals surface area contributed by atoms with Crippen LogP contribution in [-0.2, 0) is 10.0 Å². The highest BCUT2D eigenvalue weighted by molar-refractivity contribution is 7.92. The fourth-order valence-corrected chi connectivity index (χ4v) is 4.06. The number of rotatable bonds is 7. The molecule has 0 aliphatic heterocycles. The number of benzene rings is 3. The predicted molar refractivity (Wildman–Crippen MR) is 124 cm³/mol. The van der Waals surface area contributed by atoms with Crippen molar-refractivity contribution < 1.29 is 17.9 Å². The molecule has 0 saturated carbocycles. The molecule has 0 heterocycles. The number of hydrogen-bond donors (Lipinski definition) is 2. The number of nitrogens with one attached hydrogen (secondary N) is 2. The number of amides is 1. The molecule has 0 unspecified atom stereocenters. The van der Waals surface area contributed by atoms with Gasteiger partial charge in [-0.25, -0.2) is 8.42 Å². The molecule has 1 amide bonds. The Morgan fingerprint density at radius 1 is 0.968 bits per heavy atom. The molecule has 31 heavy (non-hydrogen) atoms. The van der Waals surface area contributed by atoms with Crippen molar-refractivity contribution in [1.82, 2.24) is 0 Å². The lowest BCUT2D eigenvalue weighted by molar-refractivity contribution is 0.102. The molecule has 0 aromatic heterocycles. The van der Waals surface area contributed by atoms with E-state index in [0.29, 0.717) is 11.4 Å². The van der Waals surface area contributed by atoms with Crippen LogP contribution < -0.4 is 14.8 Å². The van der Waals surface area contributed by atoms with Gasteiger partial charge in [-0.15, -0.1) is 0 Å². The standard InChI is InChI=1S/C23H23ClN2O4S/c1-15(2)30-19-6-4-5-17(13-19)25-23(27)21-14-18(9-12-22(21)24)26-31(28,29)20-10-7-16(3)8-11-20/h4-15,26H,1-3H3,(H,25,27). The minimum Gasteiger partial charge on any atom is -0.491 e. The zero-order valence-corrected chi connectivity index (χ0v) is 18.9. The molecule has 3 aromatic carbocycles. The molecule has 3 rings (SSSR count). The van der Waals surface area contributed by atoms with Crippen LogP contribution in [0.4, 0.5) is 11.4 Å². The number of carbonyl (C=O) groups is 1. The van der Waals surface area contributed by atoms with Crippen molar-refractivity contribution in [3.63, 3.8) is 0 Å². The van der Waals surface area contributed by atoms with Gasteiger partial charge in [-0.2, -0.15) is 0 Å². The molecular weight excluding hydrogens is 436 g/mol. The third kappa shape index (κ3) is 5.99. The Kier molecular flexibility index (Phi) is 6.87. The molecule has 0 atom stereocenters. The highest BCUT2D eigenvalue weighted by Crippen LogP contribution is 2.25. The summed E-state index contributed by atoms with van der Waals surface area (Å²) >= 11 is 6.20. The molecule has 0 spiro atoms. The number of ether oxygens (including phenoxy) is 1. The van der Waals surface area contributed by atoms with Gasteiger partial charge in [-0.1, -0.05) is 35.4 Å². The summed E-state index contributed by atoms with van der Waals surface area (Å²) in [6.45, 7) is 5.70. The van der Waals surface area contributed by atoms with E-state index in [4.69, 9.17) is 16.3 Å². The summed E-state index contributed by atoms with van der Waals surface area (Å²) in [7, 11) is -3.80. The Morgan fingerprint density at radius 3 is 2.35 bits per heavy atom. The topological polar surface area (TPSA) is 84.5 Å². The van der Waals surface area contributed by atoms with Crippen LogP contribution in [0.1, 0.15) is 29.8 Å².